The maximum absolute atomic E-state index is 11.7. The zero-order valence-electron chi connectivity index (χ0n) is 14.3. The Bertz CT molecular complexity index is 955. The molecule has 0 unspecified atom stereocenters. The van der Waals surface area contributed by atoms with Crippen molar-refractivity contribution < 1.29 is 24.2 Å². The fourth-order valence-corrected chi connectivity index (χ4v) is 2.70. The predicted molar refractivity (Wildman–Crippen MR) is 103 cm³/mol. The minimum absolute atomic E-state index is 0.191. The molecule has 3 N–H and O–H groups in total. The Hall–Kier alpha value is -3.39. The molecular formula is C19H16N2O5S. The van der Waals surface area contributed by atoms with Gasteiger partial charge in [0.05, 0.1) is 12.7 Å². The number of hydrogen-bond acceptors (Lipinski definition) is 5. The molecule has 1 aliphatic heterocycles. The highest BCUT2D eigenvalue weighted by atomic mass is 32.1. The summed E-state index contributed by atoms with van der Waals surface area (Å²) >= 11 is 4.90. The first kappa shape index (κ1) is 18.4. The zero-order chi connectivity index (χ0) is 19.4. The van der Waals surface area contributed by atoms with E-state index in [9.17, 15) is 9.59 Å². The third-order valence-electron chi connectivity index (χ3n) is 3.79. The number of ether oxygens (including phenoxy) is 2. The molecule has 0 spiro atoms. The van der Waals surface area contributed by atoms with Crippen molar-refractivity contribution in [2.45, 2.75) is 6.61 Å². The number of amides is 1. The van der Waals surface area contributed by atoms with E-state index in [1.807, 2.05) is 0 Å². The molecule has 1 saturated heterocycles. The molecule has 0 radical (unpaired) electrons. The van der Waals surface area contributed by atoms with Crippen LogP contribution < -0.4 is 20.1 Å². The van der Waals surface area contributed by atoms with Gasteiger partial charge in [0.25, 0.3) is 5.91 Å². The van der Waals surface area contributed by atoms with Gasteiger partial charge in [0, 0.05) is 0 Å². The van der Waals surface area contributed by atoms with Crippen LogP contribution in [0.1, 0.15) is 21.5 Å². The number of carbonyl (C=O) groups is 2. The first-order valence-corrected chi connectivity index (χ1v) is 8.34. The minimum atomic E-state index is -0.990. The van der Waals surface area contributed by atoms with Crippen LogP contribution in [0.5, 0.6) is 11.5 Å². The van der Waals surface area contributed by atoms with E-state index in [1.54, 1.807) is 42.5 Å². The van der Waals surface area contributed by atoms with Crippen LogP contribution in [0, 0.1) is 0 Å². The van der Waals surface area contributed by atoms with E-state index >= 15 is 0 Å². The van der Waals surface area contributed by atoms with Crippen molar-refractivity contribution in [1.29, 1.82) is 0 Å². The molecule has 0 aliphatic carbocycles. The van der Waals surface area contributed by atoms with Gasteiger partial charge < -0.3 is 19.9 Å². The first-order chi connectivity index (χ1) is 13.0. The first-order valence-electron chi connectivity index (χ1n) is 7.93. The quantitative estimate of drug-likeness (QED) is 0.519. The molecule has 27 heavy (non-hydrogen) atoms. The average molecular weight is 384 g/mol. The third kappa shape index (κ3) is 4.42. The molecule has 1 amide bonds. The Morgan fingerprint density at radius 1 is 1.19 bits per heavy atom. The number of thiocarbonyl (C=S) groups is 1. The average Bonchev–Trinajstić information content (AvgIpc) is 2.97. The van der Waals surface area contributed by atoms with E-state index in [2.05, 4.69) is 10.6 Å². The highest BCUT2D eigenvalue weighted by Crippen LogP contribution is 2.29. The lowest BCUT2D eigenvalue weighted by molar-refractivity contribution is -0.115. The Morgan fingerprint density at radius 2 is 2.00 bits per heavy atom. The highest BCUT2D eigenvalue weighted by Gasteiger charge is 2.20. The smallest absolute Gasteiger partial charge is 0.335 e. The van der Waals surface area contributed by atoms with E-state index in [0.29, 0.717) is 17.2 Å². The van der Waals surface area contributed by atoms with E-state index < -0.39 is 5.97 Å². The summed E-state index contributed by atoms with van der Waals surface area (Å²) in [4.78, 5) is 22.8. The number of methoxy groups -OCH3 is 1. The van der Waals surface area contributed by atoms with E-state index in [1.165, 1.54) is 13.2 Å². The Kier molecular flexibility index (Phi) is 5.37. The van der Waals surface area contributed by atoms with E-state index in [-0.39, 0.29) is 23.2 Å². The van der Waals surface area contributed by atoms with Gasteiger partial charge in [-0.2, -0.15) is 0 Å². The molecule has 2 aromatic rings. The monoisotopic (exact) mass is 384 g/mol. The van der Waals surface area contributed by atoms with Crippen molar-refractivity contribution in [3.05, 3.63) is 64.9 Å². The van der Waals surface area contributed by atoms with E-state index in [4.69, 9.17) is 26.8 Å². The summed E-state index contributed by atoms with van der Waals surface area (Å²) in [6.07, 6.45) is 1.65. The van der Waals surface area contributed by atoms with Crippen LogP contribution in [0.3, 0.4) is 0 Å². The number of aromatic carboxylic acids is 1. The topological polar surface area (TPSA) is 96.9 Å². The van der Waals surface area contributed by atoms with Crippen molar-refractivity contribution in [3.63, 3.8) is 0 Å². The molecule has 1 aliphatic rings. The maximum Gasteiger partial charge on any atom is 0.335 e. The molecule has 0 atom stereocenters. The molecular weight excluding hydrogens is 368 g/mol. The van der Waals surface area contributed by atoms with Crippen molar-refractivity contribution in [2.24, 2.45) is 0 Å². The fraction of sp³-hybridized carbons (Fsp3) is 0.105. The molecule has 138 valence electrons. The zero-order valence-corrected chi connectivity index (χ0v) is 15.1. The molecule has 3 rings (SSSR count). The molecule has 0 bridgehead atoms. The fourth-order valence-electron chi connectivity index (χ4n) is 2.50. The van der Waals surface area contributed by atoms with Gasteiger partial charge in [0.15, 0.2) is 16.6 Å². The van der Waals surface area contributed by atoms with Crippen LogP contribution in [-0.2, 0) is 11.4 Å². The van der Waals surface area contributed by atoms with Crippen LogP contribution >= 0.6 is 12.2 Å². The lowest BCUT2D eigenvalue weighted by atomic mass is 10.1. The second-order valence-electron chi connectivity index (χ2n) is 5.67. The lowest BCUT2D eigenvalue weighted by Crippen LogP contribution is -2.21. The van der Waals surface area contributed by atoms with Gasteiger partial charge in [-0.1, -0.05) is 18.2 Å². The highest BCUT2D eigenvalue weighted by molar-refractivity contribution is 7.80. The largest absolute Gasteiger partial charge is 0.493 e. The summed E-state index contributed by atoms with van der Waals surface area (Å²) in [5.74, 6) is -0.298. The predicted octanol–water partition coefficient (Wildman–Crippen LogP) is 2.32. The normalized spacial score (nSPS) is 14.6. The summed E-state index contributed by atoms with van der Waals surface area (Å²) in [6, 6.07) is 11.7. The summed E-state index contributed by atoms with van der Waals surface area (Å²) in [6.45, 7) is 0.191. The van der Waals surface area contributed by atoms with Gasteiger partial charge in [-0.25, -0.2) is 4.79 Å². The standard InChI is InChI=1S/C19H16N2O5S/c1-25-16-9-11(8-14-17(22)21-19(27)20-14)5-6-15(16)26-10-12-3-2-4-13(7-12)18(23)24/h2-9H,10H2,1H3,(H,23,24)(H2,20,21,22,27)/b14-8+. The number of carboxylic acids is 1. The van der Waals surface area contributed by atoms with Crippen LogP contribution in [0.25, 0.3) is 6.08 Å². The summed E-state index contributed by atoms with van der Waals surface area (Å²) in [5.41, 5.74) is 2.00. The van der Waals surface area contributed by atoms with Gasteiger partial charge in [-0.15, -0.1) is 0 Å². The summed E-state index contributed by atoms with van der Waals surface area (Å²) in [7, 11) is 1.51. The Labute approximate surface area is 160 Å². The number of carboxylic acid groups (broad SMARTS) is 1. The number of benzene rings is 2. The molecule has 8 heteroatoms. The number of carbonyl (C=O) groups excluding carboxylic acids is 1. The van der Waals surface area contributed by atoms with Gasteiger partial charge >= 0.3 is 5.97 Å². The van der Waals surface area contributed by atoms with Gasteiger partial charge in [-0.3, -0.25) is 10.1 Å². The summed E-state index contributed by atoms with van der Waals surface area (Å²) in [5, 5.41) is 14.6. The van der Waals surface area contributed by atoms with E-state index in [0.717, 1.165) is 11.1 Å². The van der Waals surface area contributed by atoms with Crippen molar-refractivity contribution in [1.82, 2.24) is 10.6 Å². The molecule has 7 nitrogen and oxygen atoms in total. The molecule has 0 aromatic heterocycles. The number of nitrogens with one attached hydrogen (secondary N) is 2. The van der Waals surface area contributed by atoms with Crippen LogP contribution in [0.4, 0.5) is 0 Å². The van der Waals surface area contributed by atoms with Crippen LogP contribution in [-0.4, -0.2) is 29.2 Å². The van der Waals surface area contributed by atoms with Gasteiger partial charge in [0.2, 0.25) is 0 Å². The van der Waals surface area contributed by atoms with Crippen molar-refractivity contribution in [3.8, 4) is 11.5 Å². The minimum Gasteiger partial charge on any atom is -0.493 e. The molecule has 0 saturated carbocycles. The SMILES string of the molecule is COc1cc(/C=C2/NC(=S)NC2=O)ccc1OCc1cccc(C(=O)O)c1. The van der Waals surface area contributed by atoms with Crippen LogP contribution in [0.2, 0.25) is 0 Å². The maximum atomic E-state index is 11.7. The van der Waals surface area contributed by atoms with Crippen molar-refractivity contribution >= 4 is 35.3 Å². The third-order valence-corrected chi connectivity index (χ3v) is 3.99. The van der Waals surface area contributed by atoms with Crippen molar-refractivity contribution in [2.75, 3.05) is 7.11 Å². The Morgan fingerprint density at radius 3 is 2.67 bits per heavy atom. The molecule has 2 aromatic carbocycles. The number of rotatable bonds is 6. The van der Waals surface area contributed by atoms with Crippen LogP contribution in [0.15, 0.2) is 48.2 Å². The summed E-state index contributed by atoms with van der Waals surface area (Å²) < 4.78 is 11.1. The van der Waals surface area contributed by atoms with Gasteiger partial charge in [-0.05, 0) is 53.7 Å². The molecule has 1 fully saturated rings. The second kappa shape index (κ2) is 7.88. The Balaban J connectivity index is 1.76. The second-order valence-corrected chi connectivity index (χ2v) is 6.08. The molecule has 1 heterocycles. The van der Waals surface area contributed by atoms with Gasteiger partial charge in [0.1, 0.15) is 12.3 Å². The number of hydrogen-bond donors (Lipinski definition) is 3. The lowest BCUT2D eigenvalue weighted by Gasteiger charge is -2.12.